The van der Waals surface area contributed by atoms with Crippen molar-refractivity contribution in [1.29, 1.82) is 0 Å². The molecule has 0 aromatic heterocycles. The van der Waals surface area contributed by atoms with Crippen LogP contribution in [0.3, 0.4) is 0 Å². The van der Waals surface area contributed by atoms with Crippen LogP contribution in [0.25, 0.3) is 0 Å². The molecule has 6 heteroatoms. The molecular weight excluding hydrogens is 390 g/mol. The minimum atomic E-state index is 0.102. The summed E-state index contributed by atoms with van der Waals surface area (Å²) >= 11 is 7.60. The molecule has 0 atom stereocenters. The van der Waals surface area contributed by atoms with Gasteiger partial charge in [-0.3, -0.25) is 9.69 Å². The number of carbonyl (C=O) groups excluding carboxylic acids is 1. The van der Waals surface area contributed by atoms with Gasteiger partial charge in [-0.1, -0.05) is 35.9 Å². The van der Waals surface area contributed by atoms with Gasteiger partial charge in [-0.15, -0.1) is 11.8 Å². The molecule has 4 nitrogen and oxygen atoms in total. The van der Waals surface area contributed by atoms with Crippen LogP contribution in [0.5, 0.6) is 0 Å². The molecule has 1 heterocycles. The van der Waals surface area contributed by atoms with Gasteiger partial charge in [-0.25, -0.2) is 0 Å². The van der Waals surface area contributed by atoms with E-state index >= 15 is 0 Å². The van der Waals surface area contributed by atoms with Gasteiger partial charge in [-0.2, -0.15) is 0 Å². The van der Waals surface area contributed by atoms with Gasteiger partial charge in [0, 0.05) is 55.7 Å². The SMILES string of the molecule is Cc1cccc(N2CCN(CCNC(=O)CSCc3cccc(Cl)c3)CC2)c1. The summed E-state index contributed by atoms with van der Waals surface area (Å²) in [4.78, 5) is 16.9. The number of thioether (sulfide) groups is 1. The lowest BCUT2D eigenvalue weighted by Gasteiger charge is -2.36. The Bertz CT molecular complexity index is 778. The molecule has 0 spiro atoms. The van der Waals surface area contributed by atoms with E-state index < -0.39 is 0 Å². The molecule has 0 radical (unpaired) electrons. The van der Waals surface area contributed by atoms with E-state index in [0.29, 0.717) is 12.3 Å². The van der Waals surface area contributed by atoms with Crippen molar-refractivity contribution in [2.24, 2.45) is 0 Å². The third kappa shape index (κ3) is 6.73. The van der Waals surface area contributed by atoms with Crippen molar-refractivity contribution in [3.8, 4) is 0 Å². The number of nitrogens with one attached hydrogen (secondary N) is 1. The molecule has 2 aromatic carbocycles. The van der Waals surface area contributed by atoms with Crippen molar-refractivity contribution in [1.82, 2.24) is 10.2 Å². The Balaban J connectivity index is 1.28. The molecule has 0 aliphatic carbocycles. The zero-order chi connectivity index (χ0) is 19.8. The zero-order valence-electron chi connectivity index (χ0n) is 16.4. The molecule has 0 bridgehead atoms. The van der Waals surface area contributed by atoms with E-state index in [1.807, 2.05) is 24.3 Å². The first-order valence-electron chi connectivity index (χ1n) is 9.73. The van der Waals surface area contributed by atoms with Crippen LogP contribution in [-0.4, -0.2) is 55.8 Å². The van der Waals surface area contributed by atoms with Gasteiger partial charge in [0.1, 0.15) is 0 Å². The molecule has 1 aliphatic heterocycles. The maximum Gasteiger partial charge on any atom is 0.230 e. The van der Waals surface area contributed by atoms with Crippen LogP contribution in [0.15, 0.2) is 48.5 Å². The van der Waals surface area contributed by atoms with Crippen molar-refractivity contribution in [3.63, 3.8) is 0 Å². The third-order valence-corrected chi connectivity index (χ3v) is 6.12. The maximum absolute atomic E-state index is 12.0. The first-order valence-corrected chi connectivity index (χ1v) is 11.3. The Labute approximate surface area is 177 Å². The number of aryl methyl sites for hydroxylation is 1. The smallest absolute Gasteiger partial charge is 0.230 e. The van der Waals surface area contributed by atoms with Gasteiger partial charge in [0.2, 0.25) is 5.91 Å². The van der Waals surface area contributed by atoms with Gasteiger partial charge in [0.25, 0.3) is 0 Å². The molecule has 28 heavy (non-hydrogen) atoms. The van der Waals surface area contributed by atoms with Crippen molar-refractivity contribution >= 4 is 35.0 Å². The van der Waals surface area contributed by atoms with Crippen LogP contribution in [0.1, 0.15) is 11.1 Å². The van der Waals surface area contributed by atoms with Crippen LogP contribution in [-0.2, 0) is 10.5 Å². The monoisotopic (exact) mass is 417 g/mol. The highest BCUT2D eigenvalue weighted by molar-refractivity contribution is 7.99. The summed E-state index contributed by atoms with van der Waals surface area (Å²) in [6.07, 6.45) is 0. The van der Waals surface area contributed by atoms with Crippen molar-refractivity contribution in [2.45, 2.75) is 12.7 Å². The lowest BCUT2D eigenvalue weighted by atomic mass is 10.2. The van der Waals surface area contributed by atoms with E-state index in [4.69, 9.17) is 11.6 Å². The summed E-state index contributed by atoms with van der Waals surface area (Å²) < 4.78 is 0. The predicted octanol–water partition coefficient (Wildman–Crippen LogP) is 3.82. The number of piperazine rings is 1. The van der Waals surface area contributed by atoms with E-state index in [2.05, 4.69) is 46.3 Å². The number of halogens is 1. The van der Waals surface area contributed by atoms with Crippen LogP contribution in [0.2, 0.25) is 5.02 Å². The number of hydrogen-bond donors (Lipinski definition) is 1. The number of anilines is 1. The average Bonchev–Trinajstić information content (AvgIpc) is 2.69. The van der Waals surface area contributed by atoms with E-state index in [1.165, 1.54) is 11.3 Å². The molecule has 0 saturated carbocycles. The van der Waals surface area contributed by atoms with E-state index in [9.17, 15) is 4.79 Å². The molecule has 3 rings (SSSR count). The summed E-state index contributed by atoms with van der Waals surface area (Å²) in [5, 5.41) is 3.78. The van der Waals surface area contributed by atoms with Crippen molar-refractivity contribution < 1.29 is 4.79 Å². The standard InChI is InChI=1S/C22H28ClN3OS/c1-18-4-2-7-21(14-18)26-12-10-25(11-13-26)9-8-24-22(27)17-28-16-19-5-3-6-20(23)15-19/h2-7,14-15H,8-13,16-17H2,1H3,(H,24,27). The summed E-state index contributed by atoms with van der Waals surface area (Å²) in [7, 11) is 0. The Hall–Kier alpha value is -1.69. The zero-order valence-corrected chi connectivity index (χ0v) is 17.9. The van der Waals surface area contributed by atoms with Gasteiger partial charge < -0.3 is 10.2 Å². The van der Waals surface area contributed by atoms with Crippen LogP contribution in [0, 0.1) is 6.92 Å². The number of amides is 1. The summed E-state index contributed by atoms with van der Waals surface area (Å²) in [5.41, 5.74) is 3.76. The second-order valence-corrected chi connectivity index (χ2v) is 8.56. The van der Waals surface area contributed by atoms with Crippen LogP contribution >= 0.6 is 23.4 Å². The fourth-order valence-electron chi connectivity index (χ4n) is 3.35. The molecular formula is C22H28ClN3OS. The van der Waals surface area contributed by atoms with Gasteiger partial charge >= 0.3 is 0 Å². The molecule has 1 N–H and O–H groups in total. The van der Waals surface area contributed by atoms with Gasteiger partial charge in [0.15, 0.2) is 0 Å². The molecule has 2 aromatic rings. The Morgan fingerprint density at radius 2 is 1.89 bits per heavy atom. The maximum atomic E-state index is 12.0. The Kier molecular flexibility index (Phi) is 8.07. The number of hydrogen-bond acceptors (Lipinski definition) is 4. The fourth-order valence-corrected chi connectivity index (χ4v) is 4.36. The highest BCUT2D eigenvalue weighted by atomic mass is 35.5. The molecule has 0 unspecified atom stereocenters. The first kappa shape index (κ1) is 21.0. The Morgan fingerprint density at radius 1 is 1.11 bits per heavy atom. The largest absolute Gasteiger partial charge is 0.369 e. The fraction of sp³-hybridized carbons (Fsp3) is 0.409. The predicted molar refractivity (Wildman–Crippen MR) is 120 cm³/mol. The average molecular weight is 418 g/mol. The van der Waals surface area contributed by atoms with E-state index in [1.54, 1.807) is 11.8 Å². The number of benzene rings is 2. The highest BCUT2D eigenvalue weighted by Gasteiger charge is 2.17. The number of rotatable bonds is 8. The van der Waals surface area contributed by atoms with E-state index in [0.717, 1.165) is 49.1 Å². The van der Waals surface area contributed by atoms with E-state index in [-0.39, 0.29) is 5.91 Å². The molecule has 150 valence electrons. The number of nitrogens with zero attached hydrogens (tertiary/aromatic N) is 2. The lowest BCUT2D eigenvalue weighted by molar-refractivity contribution is -0.118. The van der Waals surface area contributed by atoms with Crippen molar-refractivity contribution in [3.05, 3.63) is 64.7 Å². The summed E-state index contributed by atoms with van der Waals surface area (Å²) in [6, 6.07) is 16.5. The van der Waals surface area contributed by atoms with Gasteiger partial charge in [-0.05, 0) is 42.3 Å². The van der Waals surface area contributed by atoms with Crippen LogP contribution < -0.4 is 10.2 Å². The minimum Gasteiger partial charge on any atom is -0.369 e. The number of carbonyl (C=O) groups is 1. The normalized spacial score (nSPS) is 14.9. The lowest BCUT2D eigenvalue weighted by Crippen LogP contribution is -2.48. The highest BCUT2D eigenvalue weighted by Crippen LogP contribution is 2.18. The quantitative estimate of drug-likeness (QED) is 0.708. The molecule has 1 fully saturated rings. The van der Waals surface area contributed by atoms with Crippen molar-refractivity contribution in [2.75, 3.05) is 49.9 Å². The Morgan fingerprint density at radius 3 is 2.64 bits per heavy atom. The summed E-state index contributed by atoms with van der Waals surface area (Å²) in [5.74, 6) is 1.38. The third-order valence-electron chi connectivity index (χ3n) is 4.88. The molecule has 1 saturated heterocycles. The summed E-state index contributed by atoms with van der Waals surface area (Å²) in [6.45, 7) is 7.89. The molecule has 1 aliphatic rings. The second-order valence-electron chi connectivity index (χ2n) is 7.14. The molecule has 1 amide bonds. The van der Waals surface area contributed by atoms with Gasteiger partial charge in [0.05, 0.1) is 5.75 Å². The topological polar surface area (TPSA) is 35.6 Å². The second kappa shape index (κ2) is 10.7. The first-order chi connectivity index (χ1) is 13.6. The minimum absolute atomic E-state index is 0.102. The van der Waals surface area contributed by atoms with Crippen LogP contribution in [0.4, 0.5) is 5.69 Å².